The molecule has 0 saturated carbocycles. The summed E-state index contributed by atoms with van der Waals surface area (Å²) in [7, 11) is 0. The molecule has 1 aromatic carbocycles. The van der Waals surface area contributed by atoms with Gasteiger partial charge in [-0.2, -0.15) is 4.98 Å². The van der Waals surface area contributed by atoms with Gasteiger partial charge in [-0.3, -0.25) is 0 Å². The van der Waals surface area contributed by atoms with Crippen molar-refractivity contribution in [3.05, 3.63) is 40.0 Å². The Hall–Kier alpha value is -1.76. The number of anilines is 3. The molecule has 0 saturated heterocycles. The minimum absolute atomic E-state index is 0.00849. The van der Waals surface area contributed by atoms with Gasteiger partial charge in [0.05, 0.1) is 4.47 Å². The van der Waals surface area contributed by atoms with E-state index >= 15 is 0 Å². The minimum Gasteiger partial charge on any atom is -0.368 e. The quantitative estimate of drug-likeness (QED) is 0.893. The van der Waals surface area contributed by atoms with Crippen molar-refractivity contribution in [2.75, 3.05) is 11.1 Å². The predicted molar refractivity (Wildman–Crippen MR) is 68.5 cm³/mol. The average molecular weight is 315 g/mol. The van der Waals surface area contributed by atoms with E-state index in [2.05, 4.69) is 31.2 Å². The Kier molecular flexibility index (Phi) is 3.42. The molecule has 0 aliphatic rings. The molecule has 2 rings (SSSR count). The highest BCUT2D eigenvalue weighted by atomic mass is 79.9. The van der Waals surface area contributed by atoms with Crippen LogP contribution in [0.2, 0.25) is 0 Å². The molecule has 0 spiro atoms. The average Bonchev–Trinajstić information content (AvgIpc) is 2.34. The van der Waals surface area contributed by atoms with Crippen LogP contribution in [-0.2, 0) is 0 Å². The third-order valence-electron chi connectivity index (χ3n) is 2.29. The van der Waals surface area contributed by atoms with E-state index in [1.165, 1.54) is 18.3 Å². The zero-order valence-electron chi connectivity index (χ0n) is 9.34. The summed E-state index contributed by atoms with van der Waals surface area (Å²) in [6.45, 7) is 1.54. The van der Waals surface area contributed by atoms with Crippen LogP contribution in [0.5, 0.6) is 0 Å². The SMILES string of the molecule is Cc1ccc(F)c(Nc2nc(N)ncc2Br)c1F. The van der Waals surface area contributed by atoms with Crippen LogP contribution in [0.15, 0.2) is 22.8 Å². The fourth-order valence-corrected chi connectivity index (χ4v) is 1.65. The first-order chi connectivity index (χ1) is 8.49. The third kappa shape index (κ3) is 2.40. The summed E-state index contributed by atoms with van der Waals surface area (Å²) >= 11 is 3.17. The number of nitrogens with zero attached hydrogens (tertiary/aromatic N) is 2. The molecule has 1 heterocycles. The van der Waals surface area contributed by atoms with Crippen LogP contribution >= 0.6 is 15.9 Å². The molecule has 0 unspecified atom stereocenters. The summed E-state index contributed by atoms with van der Waals surface area (Å²) in [5.74, 6) is -1.17. The lowest BCUT2D eigenvalue weighted by atomic mass is 10.2. The number of halogens is 3. The zero-order chi connectivity index (χ0) is 13.3. The Labute approximate surface area is 110 Å². The van der Waals surface area contributed by atoms with Gasteiger partial charge < -0.3 is 11.1 Å². The van der Waals surface area contributed by atoms with E-state index < -0.39 is 11.6 Å². The van der Waals surface area contributed by atoms with Crippen molar-refractivity contribution >= 4 is 33.4 Å². The largest absolute Gasteiger partial charge is 0.368 e. The van der Waals surface area contributed by atoms with Gasteiger partial charge in [0.1, 0.15) is 11.5 Å². The number of rotatable bonds is 2. The standard InChI is InChI=1S/C11H9BrF2N4/c1-5-2-3-7(13)9(8(5)14)17-10-6(12)4-16-11(15)18-10/h2-4H,1H3,(H3,15,16,17,18). The predicted octanol–water partition coefficient (Wildman–Crippen LogP) is 3.15. The highest BCUT2D eigenvalue weighted by molar-refractivity contribution is 9.10. The van der Waals surface area contributed by atoms with E-state index in [4.69, 9.17) is 5.73 Å². The Bertz CT molecular complexity index is 604. The van der Waals surface area contributed by atoms with E-state index in [0.29, 0.717) is 10.0 Å². The molecule has 0 aliphatic heterocycles. The van der Waals surface area contributed by atoms with E-state index in [9.17, 15) is 8.78 Å². The van der Waals surface area contributed by atoms with Crippen molar-refractivity contribution in [1.82, 2.24) is 9.97 Å². The summed E-state index contributed by atoms with van der Waals surface area (Å²) in [6.07, 6.45) is 1.40. The summed E-state index contributed by atoms with van der Waals surface area (Å²) in [4.78, 5) is 7.59. The monoisotopic (exact) mass is 314 g/mol. The van der Waals surface area contributed by atoms with Gasteiger partial charge in [-0.05, 0) is 34.5 Å². The summed E-state index contributed by atoms with van der Waals surface area (Å²) in [6, 6.07) is 2.54. The van der Waals surface area contributed by atoms with Gasteiger partial charge >= 0.3 is 0 Å². The molecule has 4 nitrogen and oxygen atoms in total. The second kappa shape index (κ2) is 4.85. The molecule has 1 aromatic heterocycles. The molecule has 0 aliphatic carbocycles. The van der Waals surface area contributed by atoms with E-state index in [0.717, 1.165) is 0 Å². The Morgan fingerprint density at radius 3 is 2.78 bits per heavy atom. The maximum absolute atomic E-state index is 13.8. The van der Waals surface area contributed by atoms with Gasteiger partial charge in [0.15, 0.2) is 11.6 Å². The molecule has 2 aromatic rings. The number of nitrogen functional groups attached to an aromatic ring is 1. The number of aromatic nitrogens is 2. The molecular formula is C11H9BrF2N4. The second-order valence-corrected chi connectivity index (χ2v) is 4.46. The molecule has 0 fully saturated rings. The topological polar surface area (TPSA) is 63.8 Å². The molecule has 0 atom stereocenters. The van der Waals surface area contributed by atoms with Gasteiger partial charge in [-0.1, -0.05) is 6.07 Å². The van der Waals surface area contributed by atoms with Crippen LogP contribution in [-0.4, -0.2) is 9.97 Å². The first-order valence-corrected chi connectivity index (χ1v) is 5.78. The van der Waals surface area contributed by atoms with Crippen LogP contribution in [0.25, 0.3) is 0 Å². The number of benzene rings is 1. The summed E-state index contributed by atoms with van der Waals surface area (Å²) < 4.78 is 27.8. The molecule has 7 heteroatoms. The van der Waals surface area contributed by atoms with Crippen LogP contribution in [0.3, 0.4) is 0 Å². The second-order valence-electron chi connectivity index (χ2n) is 3.60. The lowest BCUT2D eigenvalue weighted by Gasteiger charge is -2.11. The Morgan fingerprint density at radius 2 is 2.06 bits per heavy atom. The molecule has 0 radical (unpaired) electrons. The highest BCUT2D eigenvalue weighted by Crippen LogP contribution is 2.28. The van der Waals surface area contributed by atoms with Gasteiger partial charge in [0, 0.05) is 6.20 Å². The van der Waals surface area contributed by atoms with Crippen LogP contribution in [0.1, 0.15) is 5.56 Å². The van der Waals surface area contributed by atoms with Crippen LogP contribution in [0, 0.1) is 18.6 Å². The van der Waals surface area contributed by atoms with Crippen LogP contribution in [0.4, 0.5) is 26.2 Å². The van der Waals surface area contributed by atoms with Crippen molar-refractivity contribution < 1.29 is 8.78 Å². The Morgan fingerprint density at radius 1 is 1.33 bits per heavy atom. The van der Waals surface area contributed by atoms with Gasteiger partial charge in [-0.25, -0.2) is 13.8 Å². The van der Waals surface area contributed by atoms with Gasteiger partial charge in [-0.15, -0.1) is 0 Å². The molecular weight excluding hydrogens is 306 g/mol. The first-order valence-electron chi connectivity index (χ1n) is 4.98. The third-order valence-corrected chi connectivity index (χ3v) is 2.87. The van der Waals surface area contributed by atoms with Gasteiger partial charge in [0.2, 0.25) is 5.95 Å². The van der Waals surface area contributed by atoms with Gasteiger partial charge in [0.25, 0.3) is 0 Å². The van der Waals surface area contributed by atoms with E-state index in [-0.39, 0.29) is 17.5 Å². The minimum atomic E-state index is -0.706. The molecule has 94 valence electrons. The number of hydrogen-bond acceptors (Lipinski definition) is 4. The fourth-order valence-electron chi connectivity index (χ4n) is 1.36. The first kappa shape index (κ1) is 12.7. The maximum atomic E-state index is 13.8. The molecule has 0 amide bonds. The number of hydrogen-bond donors (Lipinski definition) is 2. The molecule has 3 N–H and O–H groups in total. The number of nitrogens with two attached hydrogens (primary N) is 1. The maximum Gasteiger partial charge on any atom is 0.222 e. The summed E-state index contributed by atoms with van der Waals surface area (Å²) in [5.41, 5.74) is 5.48. The number of aryl methyl sites for hydroxylation is 1. The fraction of sp³-hybridized carbons (Fsp3) is 0.0909. The number of nitrogens with one attached hydrogen (secondary N) is 1. The highest BCUT2D eigenvalue weighted by Gasteiger charge is 2.14. The van der Waals surface area contributed by atoms with E-state index in [1.807, 2.05) is 0 Å². The molecule has 18 heavy (non-hydrogen) atoms. The van der Waals surface area contributed by atoms with Crippen molar-refractivity contribution in [3.8, 4) is 0 Å². The summed E-state index contributed by atoms with van der Waals surface area (Å²) in [5, 5.41) is 2.56. The van der Waals surface area contributed by atoms with Crippen molar-refractivity contribution in [1.29, 1.82) is 0 Å². The Balaban J connectivity index is 2.46. The zero-order valence-corrected chi connectivity index (χ0v) is 10.9. The van der Waals surface area contributed by atoms with Crippen molar-refractivity contribution in [2.24, 2.45) is 0 Å². The lowest BCUT2D eigenvalue weighted by molar-refractivity contribution is 0.584. The van der Waals surface area contributed by atoms with E-state index in [1.54, 1.807) is 6.92 Å². The normalized spacial score (nSPS) is 10.4. The van der Waals surface area contributed by atoms with Crippen molar-refractivity contribution in [2.45, 2.75) is 6.92 Å². The lowest BCUT2D eigenvalue weighted by Crippen LogP contribution is -2.04. The van der Waals surface area contributed by atoms with Crippen LogP contribution < -0.4 is 11.1 Å². The smallest absolute Gasteiger partial charge is 0.222 e. The van der Waals surface area contributed by atoms with Crippen molar-refractivity contribution in [3.63, 3.8) is 0 Å². The molecule has 0 bridgehead atoms.